The highest BCUT2D eigenvalue weighted by atomic mass is 15.0. The predicted molar refractivity (Wildman–Crippen MR) is 47.8 cm³/mol. The Morgan fingerprint density at radius 3 is 2.91 bits per heavy atom. The first-order valence-corrected chi connectivity index (χ1v) is 3.88. The van der Waals surface area contributed by atoms with Gasteiger partial charge < -0.3 is 10.3 Å². The van der Waals surface area contributed by atoms with Crippen molar-refractivity contribution in [3.8, 4) is 0 Å². The van der Waals surface area contributed by atoms with Gasteiger partial charge in [0.05, 0.1) is 0 Å². The van der Waals surface area contributed by atoms with Gasteiger partial charge in [0.15, 0.2) is 0 Å². The zero-order valence-electron chi connectivity index (χ0n) is 6.86. The van der Waals surface area contributed by atoms with Gasteiger partial charge in [0, 0.05) is 17.8 Å². The number of nitrogens with one attached hydrogen (secondary N) is 2. The van der Waals surface area contributed by atoms with E-state index >= 15 is 0 Å². The summed E-state index contributed by atoms with van der Waals surface area (Å²) in [5.41, 5.74) is 3.92. The van der Waals surface area contributed by atoms with Crippen LogP contribution >= 0.6 is 0 Å². The van der Waals surface area contributed by atoms with Gasteiger partial charge in [-0.2, -0.15) is 0 Å². The highest BCUT2D eigenvalue weighted by Crippen LogP contribution is 2.25. The molecule has 0 saturated heterocycles. The molecule has 1 aliphatic rings. The Morgan fingerprint density at radius 1 is 1.36 bits per heavy atom. The zero-order chi connectivity index (χ0) is 7.84. The van der Waals surface area contributed by atoms with Crippen LogP contribution in [0.3, 0.4) is 0 Å². The third-order valence-electron chi connectivity index (χ3n) is 2.23. The summed E-state index contributed by atoms with van der Waals surface area (Å²) >= 11 is 0. The summed E-state index contributed by atoms with van der Waals surface area (Å²) in [7, 11) is 0. The monoisotopic (exact) mass is 148 g/mol. The van der Waals surface area contributed by atoms with Gasteiger partial charge in [-0.25, -0.2) is 0 Å². The van der Waals surface area contributed by atoms with Crippen LogP contribution in [-0.4, -0.2) is 11.5 Å². The average Bonchev–Trinajstić information content (AvgIpc) is 2.30. The molecule has 0 atom stereocenters. The maximum Gasteiger partial charge on any atom is 0.111 e. The summed E-state index contributed by atoms with van der Waals surface area (Å²) in [5, 5.41) is 3.28. The molecule has 2 heterocycles. The molecule has 2 nitrogen and oxygen atoms in total. The fourth-order valence-electron chi connectivity index (χ4n) is 1.42. The minimum atomic E-state index is 0.937. The van der Waals surface area contributed by atoms with Crippen LogP contribution in [0.1, 0.15) is 16.8 Å². The topological polar surface area (TPSA) is 27.8 Å². The molecule has 11 heavy (non-hydrogen) atoms. The molecule has 2 rings (SSSR count). The van der Waals surface area contributed by atoms with Crippen LogP contribution in [0.5, 0.6) is 0 Å². The molecule has 2 N–H and O–H groups in total. The summed E-state index contributed by atoms with van der Waals surface area (Å²) in [4.78, 5) is 3.30. The molecule has 0 fully saturated rings. The first-order chi connectivity index (χ1) is 5.29. The van der Waals surface area contributed by atoms with Gasteiger partial charge in [-0.1, -0.05) is 12.2 Å². The fraction of sp³-hybridized carbons (Fsp3) is 0.333. The van der Waals surface area contributed by atoms with E-state index < -0.39 is 0 Å². The smallest absolute Gasteiger partial charge is 0.111 e. The van der Waals surface area contributed by atoms with E-state index in [1.165, 1.54) is 22.6 Å². The van der Waals surface area contributed by atoms with Gasteiger partial charge in [-0.3, -0.25) is 0 Å². The zero-order valence-corrected chi connectivity index (χ0v) is 6.86. The van der Waals surface area contributed by atoms with Gasteiger partial charge in [0.25, 0.3) is 0 Å². The second kappa shape index (κ2) is 2.16. The van der Waals surface area contributed by atoms with Crippen LogP contribution in [-0.2, 0) is 0 Å². The summed E-state index contributed by atoms with van der Waals surface area (Å²) in [6, 6.07) is 0. The van der Waals surface area contributed by atoms with Gasteiger partial charge in [-0.15, -0.1) is 0 Å². The Bertz CT molecular complexity index is 308. The molecule has 1 aromatic heterocycles. The fourth-order valence-corrected chi connectivity index (χ4v) is 1.42. The Labute approximate surface area is 66.3 Å². The minimum absolute atomic E-state index is 0.937. The molecule has 0 aliphatic carbocycles. The number of anilines is 1. The Kier molecular flexibility index (Phi) is 1.28. The first-order valence-electron chi connectivity index (χ1n) is 3.88. The largest absolute Gasteiger partial charge is 0.368 e. The molecule has 0 spiro atoms. The van der Waals surface area contributed by atoms with Crippen molar-refractivity contribution in [2.24, 2.45) is 0 Å². The molecule has 0 aromatic carbocycles. The Hall–Kier alpha value is -1.18. The van der Waals surface area contributed by atoms with E-state index in [4.69, 9.17) is 0 Å². The first kappa shape index (κ1) is 6.53. The lowest BCUT2D eigenvalue weighted by Crippen LogP contribution is -2.03. The van der Waals surface area contributed by atoms with Crippen molar-refractivity contribution in [2.75, 3.05) is 11.9 Å². The lowest BCUT2D eigenvalue weighted by atomic mass is 10.1. The van der Waals surface area contributed by atoms with E-state index in [1.54, 1.807) is 0 Å². The third kappa shape index (κ3) is 0.862. The third-order valence-corrected chi connectivity index (χ3v) is 2.23. The highest BCUT2D eigenvalue weighted by Gasteiger charge is 2.10. The summed E-state index contributed by atoms with van der Waals surface area (Å²) < 4.78 is 0. The van der Waals surface area contributed by atoms with Crippen molar-refractivity contribution >= 4 is 11.9 Å². The van der Waals surface area contributed by atoms with Crippen molar-refractivity contribution in [2.45, 2.75) is 13.8 Å². The van der Waals surface area contributed by atoms with Crippen molar-refractivity contribution < 1.29 is 0 Å². The SMILES string of the molecule is Cc1[nH]c2c(c1C)C=CCN2. The number of fused-ring (bicyclic) bond motifs is 1. The Morgan fingerprint density at radius 2 is 2.18 bits per heavy atom. The second-order valence-corrected chi connectivity index (χ2v) is 2.95. The molecule has 2 heteroatoms. The maximum absolute atomic E-state index is 3.30. The lowest BCUT2D eigenvalue weighted by Gasteiger charge is -2.07. The van der Waals surface area contributed by atoms with E-state index in [2.05, 4.69) is 36.3 Å². The van der Waals surface area contributed by atoms with E-state index in [-0.39, 0.29) is 0 Å². The molecule has 0 bridgehead atoms. The van der Waals surface area contributed by atoms with Gasteiger partial charge in [-0.05, 0) is 19.4 Å². The van der Waals surface area contributed by atoms with Crippen LogP contribution in [0.25, 0.3) is 6.08 Å². The van der Waals surface area contributed by atoms with Crippen molar-refractivity contribution in [1.82, 2.24) is 4.98 Å². The van der Waals surface area contributed by atoms with E-state index in [0.29, 0.717) is 0 Å². The number of hydrogen-bond acceptors (Lipinski definition) is 1. The predicted octanol–water partition coefficient (Wildman–Crippen LogP) is 2.07. The van der Waals surface area contributed by atoms with Crippen molar-refractivity contribution in [1.29, 1.82) is 0 Å². The molecule has 1 aromatic rings. The maximum atomic E-state index is 3.30. The quantitative estimate of drug-likeness (QED) is 0.579. The molecule has 0 radical (unpaired) electrons. The Balaban J connectivity index is 2.61. The number of rotatable bonds is 0. The second-order valence-electron chi connectivity index (χ2n) is 2.95. The van der Waals surface area contributed by atoms with Crippen LogP contribution < -0.4 is 5.32 Å². The standard InChI is InChI=1S/C9H12N2/c1-6-7(2)11-9-8(6)4-3-5-10-9/h3-4,10-11H,5H2,1-2H3. The number of aromatic nitrogens is 1. The normalized spacial score (nSPS) is 14.4. The van der Waals surface area contributed by atoms with Gasteiger partial charge in [0.1, 0.15) is 5.82 Å². The van der Waals surface area contributed by atoms with Crippen LogP contribution in [0.4, 0.5) is 5.82 Å². The van der Waals surface area contributed by atoms with Crippen molar-refractivity contribution in [3.63, 3.8) is 0 Å². The van der Waals surface area contributed by atoms with Crippen LogP contribution in [0.15, 0.2) is 6.08 Å². The lowest BCUT2D eigenvalue weighted by molar-refractivity contribution is 1.20. The molecule has 58 valence electrons. The number of aryl methyl sites for hydroxylation is 1. The van der Waals surface area contributed by atoms with E-state index in [1.807, 2.05) is 0 Å². The minimum Gasteiger partial charge on any atom is -0.368 e. The summed E-state index contributed by atoms with van der Waals surface area (Å²) in [6.45, 7) is 5.18. The number of hydrogen-bond donors (Lipinski definition) is 2. The summed E-state index contributed by atoms with van der Waals surface area (Å²) in [6.07, 6.45) is 4.31. The van der Waals surface area contributed by atoms with Gasteiger partial charge >= 0.3 is 0 Å². The molecule has 0 saturated carbocycles. The molecular formula is C9H12N2. The van der Waals surface area contributed by atoms with Gasteiger partial charge in [0.2, 0.25) is 0 Å². The van der Waals surface area contributed by atoms with E-state index in [9.17, 15) is 0 Å². The van der Waals surface area contributed by atoms with Crippen LogP contribution in [0.2, 0.25) is 0 Å². The highest BCUT2D eigenvalue weighted by molar-refractivity contribution is 5.71. The molecular weight excluding hydrogens is 136 g/mol. The number of aromatic amines is 1. The molecule has 0 unspecified atom stereocenters. The van der Waals surface area contributed by atoms with Crippen molar-refractivity contribution in [3.05, 3.63) is 22.9 Å². The summed E-state index contributed by atoms with van der Waals surface area (Å²) in [5.74, 6) is 1.17. The molecule has 0 amide bonds. The number of H-pyrrole nitrogens is 1. The average molecular weight is 148 g/mol. The molecule has 1 aliphatic heterocycles. The van der Waals surface area contributed by atoms with Crippen LogP contribution in [0, 0.1) is 13.8 Å². The van der Waals surface area contributed by atoms with E-state index in [0.717, 1.165) is 6.54 Å².